The monoisotopic (exact) mass is 173 g/mol. The number of unbranched alkanes of at least 4 members (excludes halogenated alkanes) is 1. The molecule has 0 saturated carbocycles. The fraction of sp³-hybridized carbons (Fsp3) is 0.889. The molecule has 12 heavy (non-hydrogen) atoms. The van der Waals surface area contributed by atoms with Crippen LogP contribution in [0.25, 0.3) is 0 Å². The molecule has 0 spiro atoms. The van der Waals surface area contributed by atoms with E-state index in [4.69, 9.17) is 0 Å². The number of hydrogen-bond donors (Lipinski definition) is 2. The average molecular weight is 173 g/mol. The number of amides is 1. The summed E-state index contributed by atoms with van der Waals surface area (Å²) in [6, 6.07) is 0.105. The van der Waals surface area contributed by atoms with Gasteiger partial charge in [-0.25, -0.2) is 0 Å². The number of aliphatic hydroxyl groups is 1. The van der Waals surface area contributed by atoms with Crippen LogP contribution in [0.2, 0.25) is 0 Å². The Labute approximate surface area is 74.2 Å². The van der Waals surface area contributed by atoms with Crippen LogP contribution in [0.3, 0.4) is 0 Å². The highest BCUT2D eigenvalue weighted by atomic mass is 16.3. The maximum absolute atomic E-state index is 11.1. The molecule has 0 aliphatic heterocycles. The maximum atomic E-state index is 11.1. The van der Waals surface area contributed by atoms with E-state index in [0.717, 1.165) is 12.8 Å². The quantitative estimate of drug-likeness (QED) is 0.653. The van der Waals surface area contributed by atoms with Crippen LogP contribution in [0.5, 0.6) is 0 Å². The highest BCUT2D eigenvalue weighted by Gasteiger charge is 2.13. The number of hydrogen-bond acceptors (Lipinski definition) is 2. The summed E-state index contributed by atoms with van der Waals surface area (Å²) in [6.07, 6.45) is 1.64. The van der Waals surface area contributed by atoms with Crippen LogP contribution in [-0.2, 0) is 4.79 Å². The molecule has 0 heterocycles. The van der Waals surface area contributed by atoms with Gasteiger partial charge in [-0.2, -0.15) is 0 Å². The van der Waals surface area contributed by atoms with Gasteiger partial charge in [0.15, 0.2) is 0 Å². The van der Waals surface area contributed by atoms with E-state index >= 15 is 0 Å². The van der Waals surface area contributed by atoms with Gasteiger partial charge in [-0.05, 0) is 20.3 Å². The van der Waals surface area contributed by atoms with Gasteiger partial charge in [-0.15, -0.1) is 0 Å². The Morgan fingerprint density at radius 3 is 2.50 bits per heavy atom. The smallest absolute Gasteiger partial charge is 0.249 e. The summed E-state index contributed by atoms with van der Waals surface area (Å²) in [5, 5.41) is 11.9. The van der Waals surface area contributed by atoms with Gasteiger partial charge in [-0.3, -0.25) is 4.79 Å². The van der Waals surface area contributed by atoms with Crippen molar-refractivity contribution in [1.82, 2.24) is 5.32 Å². The van der Waals surface area contributed by atoms with E-state index in [1.807, 2.05) is 20.8 Å². The molecule has 0 saturated heterocycles. The first-order chi connectivity index (χ1) is 5.57. The molecule has 0 aliphatic rings. The van der Waals surface area contributed by atoms with E-state index in [-0.39, 0.29) is 11.9 Å². The van der Waals surface area contributed by atoms with Crippen LogP contribution in [0.15, 0.2) is 0 Å². The van der Waals surface area contributed by atoms with Crippen LogP contribution in [0.1, 0.15) is 40.0 Å². The summed E-state index contributed by atoms with van der Waals surface area (Å²) in [4.78, 5) is 11.1. The number of rotatable bonds is 5. The summed E-state index contributed by atoms with van der Waals surface area (Å²) in [7, 11) is 0. The first-order valence-electron chi connectivity index (χ1n) is 4.56. The molecule has 0 aromatic heterocycles. The van der Waals surface area contributed by atoms with Crippen molar-refractivity contribution in [2.75, 3.05) is 0 Å². The molecule has 0 bridgehead atoms. The van der Waals surface area contributed by atoms with Gasteiger partial charge in [-0.1, -0.05) is 19.8 Å². The van der Waals surface area contributed by atoms with Crippen molar-refractivity contribution in [2.45, 2.75) is 52.2 Å². The molecule has 3 nitrogen and oxygen atoms in total. The molecule has 0 aromatic carbocycles. The third-order valence-electron chi connectivity index (χ3n) is 1.56. The summed E-state index contributed by atoms with van der Waals surface area (Å²) in [5.41, 5.74) is 0. The van der Waals surface area contributed by atoms with Crippen LogP contribution >= 0.6 is 0 Å². The third kappa shape index (κ3) is 5.13. The molecule has 72 valence electrons. The molecular weight excluding hydrogens is 154 g/mol. The largest absolute Gasteiger partial charge is 0.383 e. The Morgan fingerprint density at radius 2 is 2.08 bits per heavy atom. The Bertz CT molecular complexity index is 134. The van der Waals surface area contributed by atoms with Crippen molar-refractivity contribution in [3.8, 4) is 0 Å². The minimum absolute atomic E-state index is 0.105. The second-order valence-corrected chi connectivity index (χ2v) is 3.32. The predicted octanol–water partition coefficient (Wildman–Crippen LogP) is 1.06. The van der Waals surface area contributed by atoms with Gasteiger partial charge >= 0.3 is 0 Å². The second-order valence-electron chi connectivity index (χ2n) is 3.32. The van der Waals surface area contributed by atoms with Gasteiger partial charge in [0, 0.05) is 6.04 Å². The van der Waals surface area contributed by atoms with Gasteiger partial charge in [0.05, 0.1) is 0 Å². The van der Waals surface area contributed by atoms with E-state index in [9.17, 15) is 9.90 Å². The standard InChI is InChI=1S/C9H19NO2/c1-4-5-6-8(11)9(12)10-7(2)3/h7-8,11H,4-6H2,1-3H3,(H,10,12). The molecule has 2 N–H and O–H groups in total. The summed E-state index contributed by atoms with van der Waals surface area (Å²) in [6.45, 7) is 5.79. The molecule has 3 heteroatoms. The lowest BCUT2D eigenvalue weighted by Gasteiger charge is -2.12. The highest BCUT2D eigenvalue weighted by molar-refractivity contribution is 5.80. The zero-order valence-corrected chi connectivity index (χ0v) is 8.13. The van der Waals surface area contributed by atoms with Crippen LogP contribution in [0.4, 0.5) is 0 Å². The van der Waals surface area contributed by atoms with E-state index in [1.165, 1.54) is 0 Å². The fourth-order valence-electron chi connectivity index (χ4n) is 0.909. The van der Waals surface area contributed by atoms with E-state index < -0.39 is 6.10 Å². The fourth-order valence-corrected chi connectivity index (χ4v) is 0.909. The first-order valence-corrected chi connectivity index (χ1v) is 4.56. The SMILES string of the molecule is CCCCC(O)C(=O)NC(C)C. The summed E-state index contributed by atoms with van der Waals surface area (Å²) >= 11 is 0. The summed E-state index contributed by atoms with van der Waals surface area (Å²) < 4.78 is 0. The average Bonchev–Trinajstić information content (AvgIpc) is 1.98. The predicted molar refractivity (Wildman–Crippen MR) is 48.8 cm³/mol. The van der Waals surface area contributed by atoms with Crippen LogP contribution in [-0.4, -0.2) is 23.2 Å². The van der Waals surface area contributed by atoms with Crippen molar-refractivity contribution in [3.05, 3.63) is 0 Å². The Hall–Kier alpha value is -0.570. The lowest BCUT2D eigenvalue weighted by molar-refractivity contribution is -0.130. The van der Waals surface area contributed by atoms with Crippen molar-refractivity contribution in [2.24, 2.45) is 0 Å². The lowest BCUT2D eigenvalue weighted by atomic mass is 10.1. The molecule has 0 radical (unpaired) electrons. The molecule has 0 aliphatic carbocycles. The Balaban J connectivity index is 3.61. The molecule has 1 unspecified atom stereocenters. The maximum Gasteiger partial charge on any atom is 0.249 e. The number of carbonyl (C=O) groups excluding carboxylic acids is 1. The van der Waals surface area contributed by atoms with Crippen molar-refractivity contribution >= 4 is 5.91 Å². The zero-order chi connectivity index (χ0) is 9.56. The van der Waals surface area contributed by atoms with Crippen molar-refractivity contribution in [1.29, 1.82) is 0 Å². The van der Waals surface area contributed by atoms with Gasteiger partial charge in [0.2, 0.25) is 5.91 Å². The minimum atomic E-state index is -0.827. The van der Waals surface area contributed by atoms with Gasteiger partial charge < -0.3 is 10.4 Å². The second kappa shape index (κ2) is 6.00. The minimum Gasteiger partial charge on any atom is -0.383 e. The van der Waals surface area contributed by atoms with Crippen molar-refractivity contribution in [3.63, 3.8) is 0 Å². The van der Waals surface area contributed by atoms with Crippen LogP contribution < -0.4 is 5.32 Å². The number of carbonyl (C=O) groups is 1. The topological polar surface area (TPSA) is 49.3 Å². The molecule has 0 fully saturated rings. The van der Waals surface area contributed by atoms with Gasteiger partial charge in [0.25, 0.3) is 0 Å². The third-order valence-corrected chi connectivity index (χ3v) is 1.56. The van der Waals surface area contributed by atoms with E-state index in [0.29, 0.717) is 6.42 Å². The lowest BCUT2D eigenvalue weighted by Crippen LogP contribution is -2.38. The molecule has 1 amide bonds. The zero-order valence-electron chi connectivity index (χ0n) is 8.13. The molecule has 0 rings (SSSR count). The molecular formula is C9H19NO2. The van der Waals surface area contributed by atoms with Gasteiger partial charge in [0.1, 0.15) is 6.10 Å². The van der Waals surface area contributed by atoms with E-state index in [1.54, 1.807) is 0 Å². The molecule has 1 atom stereocenters. The van der Waals surface area contributed by atoms with E-state index in [2.05, 4.69) is 5.32 Å². The van der Waals surface area contributed by atoms with Crippen molar-refractivity contribution < 1.29 is 9.90 Å². The Kier molecular flexibility index (Phi) is 5.72. The normalized spacial score (nSPS) is 13.1. The number of nitrogens with one attached hydrogen (secondary N) is 1. The Morgan fingerprint density at radius 1 is 1.50 bits per heavy atom. The summed E-state index contributed by atoms with van der Waals surface area (Å²) in [5.74, 6) is -0.251. The van der Waals surface area contributed by atoms with Crippen LogP contribution in [0, 0.1) is 0 Å². The number of aliphatic hydroxyl groups excluding tert-OH is 1. The molecule has 0 aromatic rings. The highest BCUT2D eigenvalue weighted by Crippen LogP contribution is 2.00. The first kappa shape index (κ1) is 11.4.